The third kappa shape index (κ3) is 4.35. The number of nitrogens with one attached hydrogen (secondary N) is 1. The van der Waals surface area contributed by atoms with Crippen LogP contribution in [0.3, 0.4) is 0 Å². The van der Waals surface area contributed by atoms with Crippen LogP contribution in [0.5, 0.6) is 0 Å². The number of anilines is 1. The van der Waals surface area contributed by atoms with E-state index in [2.05, 4.69) is 10.3 Å². The maximum Gasteiger partial charge on any atom is 0.242 e. The highest BCUT2D eigenvalue weighted by atomic mass is 35.5. The van der Waals surface area contributed by atoms with Gasteiger partial charge in [0.15, 0.2) is 5.17 Å². The molecule has 3 rings (SSSR count). The molecule has 26 heavy (non-hydrogen) atoms. The van der Waals surface area contributed by atoms with Crippen LogP contribution in [-0.2, 0) is 9.59 Å². The van der Waals surface area contributed by atoms with E-state index in [1.807, 2.05) is 11.8 Å². The third-order valence-corrected chi connectivity index (χ3v) is 6.26. The van der Waals surface area contributed by atoms with E-state index >= 15 is 0 Å². The van der Waals surface area contributed by atoms with Crippen molar-refractivity contribution in [1.29, 1.82) is 0 Å². The zero-order valence-corrected chi connectivity index (χ0v) is 16.8. The third-order valence-electron chi connectivity index (χ3n) is 4.53. The van der Waals surface area contributed by atoms with Gasteiger partial charge in [0, 0.05) is 24.0 Å². The Morgan fingerprint density at radius 2 is 2.08 bits per heavy atom. The van der Waals surface area contributed by atoms with Crippen molar-refractivity contribution < 1.29 is 9.59 Å². The van der Waals surface area contributed by atoms with Crippen molar-refractivity contribution in [3.63, 3.8) is 0 Å². The lowest BCUT2D eigenvalue weighted by atomic mass is 10.2. The number of aliphatic imine (C=N–C) groups is 1. The van der Waals surface area contributed by atoms with Crippen LogP contribution >= 0.6 is 35.0 Å². The Morgan fingerprint density at radius 3 is 2.73 bits per heavy atom. The average Bonchev–Trinajstić information content (AvgIpc) is 3.20. The fourth-order valence-corrected chi connectivity index (χ4v) is 5.04. The lowest BCUT2D eigenvalue weighted by Gasteiger charge is -2.23. The minimum atomic E-state index is -0.438. The number of hydrogen-bond donors (Lipinski definition) is 1. The molecule has 0 unspecified atom stereocenters. The Balaban J connectivity index is 1.68. The molecule has 5 nitrogen and oxygen atoms in total. The van der Waals surface area contributed by atoms with Gasteiger partial charge in [-0.15, -0.1) is 0 Å². The maximum atomic E-state index is 12.9. The second-order valence-electron chi connectivity index (χ2n) is 6.39. The molecule has 8 heteroatoms. The summed E-state index contributed by atoms with van der Waals surface area (Å²) < 4.78 is 0. The summed E-state index contributed by atoms with van der Waals surface area (Å²) in [5, 5.41) is 3.96. The summed E-state index contributed by atoms with van der Waals surface area (Å²) in [5.41, 5.74) is 0.492. The number of rotatable bonds is 5. The van der Waals surface area contributed by atoms with E-state index in [9.17, 15) is 9.59 Å². The van der Waals surface area contributed by atoms with E-state index in [-0.39, 0.29) is 24.3 Å². The Hall–Kier alpha value is -1.24. The standard InChI is InChI=1S/C18H21Cl2N3O2S/c1-2-21-18-23(12-5-3-4-6-12)17(25)15(26-18)10-16(24)22-14-8-7-11(19)9-13(14)20/h7-9,12,15H,2-6,10H2,1H3,(H,22,24)/t15-/m1/s1. The maximum absolute atomic E-state index is 12.9. The first-order chi connectivity index (χ1) is 12.5. The Kier molecular flexibility index (Phi) is 6.48. The molecule has 1 atom stereocenters. The summed E-state index contributed by atoms with van der Waals surface area (Å²) in [5.74, 6) is -0.254. The van der Waals surface area contributed by atoms with E-state index in [1.165, 1.54) is 11.8 Å². The molecule has 0 aromatic heterocycles. The van der Waals surface area contributed by atoms with E-state index in [1.54, 1.807) is 18.2 Å². The molecule has 140 valence electrons. The predicted octanol–water partition coefficient (Wildman–Crippen LogP) is 4.58. The first-order valence-electron chi connectivity index (χ1n) is 8.78. The molecule has 0 spiro atoms. The molecular formula is C18H21Cl2N3O2S. The molecule has 2 fully saturated rings. The van der Waals surface area contributed by atoms with Gasteiger partial charge in [0.25, 0.3) is 0 Å². The Bertz CT molecular complexity index is 735. The summed E-state index contributed by atoms with van der Waals surface area (Å²) in [4.78, 5) is 31.6. The first-order valence-corrected chi connectivity index (χ1v) is 10.4. The summed E-state index contributed by atoms with van der Waals surface area (Å²) in [6.45, 7) is 2.57. The SMILES string of the molecule is CCN=C1S[C@H](CC(=O)Nc2ccc(Cl)cc2Cl)C(=O)N1C1CCCC1. The van der Waals surface area contributed by atoms with Crippen LogP contribution in [0.25, 0.3) is 0 Å². The van der Waals surface area contributed by atoms with Crippen LogP contribution in [0.2, 0.25) is 10.0 Å². The molecule has 1 saturated carbocycles. The van der Waals surface area contributed by atoms with Crippen molar-refractivity contribution in [3.8, 4) is 0 Å². The van der Waals surface area contributed by atoms with Gasteiger partial charge in [-0.2, -0.15) is 0 Å². The number of halogens is 2. The molecular weight excluding hydrogens is 393 g/mol. The van der Waals surface area contributed by atoms with Crippen molar-refractivity contribution >= 4 is 57.6 Å². The average molecular weight is 414 g/mol. The van der Waals surface area contributed by atoms with E-state index in [0.29, 0.717) is 22.3 Å². The molecule has 1 aliphatic carbocycles. The zero-order valence-electron chi connectivity index (χ0n) is 14.5. The fraction of sp³-hybridized carbons (Fsp3) is 0.500. The van der Waals surface area contributed by atoms with Crippen LogP contribution in [0, 0.1) is 0 Å². The normalized spacial score (nSPS) is 22.4. The smallest absolute Gasteiger partial charge is 0.242 e. The summed E-state index contributed by atoms with van der Waals surface area (Å²) >= 11 is 13.4. The lowest BCUT2D eigenvalue weighted by molar-refractivity contribution is -0.129. The minimum absolute atomic E-state index is 0.00791. The van der Waals surface area contributed by atoms with Crippen molar-refractivity contribution in [2.75, 3.05) is 11.9 Å². The second-order valence-corrected chi connectivity index (χ2v) is 8.40. The van der Waals surface area contributed by atoms with E-state index < -0.39 is 5.25 Å². The second kappa shape index (κ2) is 8.63. The lowest BCUT2D eigenvalue weighted by Crippen LogP contribution is -2.40. The number of nitrogens with zero attached hydrogens (tertiary/aromatic N) is 2. The number of amides is 2. The number of carbonyl (C=O) groups excluding carboxylic acids is 2. The van der Waals surface area contributed by atoms with Crippen LogP contribution in [0.15, 0.2) is 23.2 Å². The first kappa shape index (κ1) is 19.5. The molecule has 1 heterocycles. The molecule has 1 aromatic carbocycles. The van der Waals surface area contributed by atoms with Gasteiger partial charge in [-0.3, -0.25) is 19.5 Å². The molecule has 2 aliphatic rings. The molecule has 1 N–H and O–H groups in total. The molecule has 1 aromatic rings. The number of thioether (sulfide) groups is 1. The number of benzene rings is 1. The van der Waals surface area contributed by atoms with Gasteiger partial charge in [-0.25, -0.2) is 0 Å². The van der Waals surface area contributed by atoms with E-state index in [4.69, 9.17) is 23.2 Å². The van der Waals surface area contributed by atoms with Gasteiger partial charge < -0.3 is 5.32 Å². The number of amidine groups is 1. The number of hydrogen-bond acceptors (Lipinski definition) is 4. The van der Waals surface area contributed by atoms with Gasteiger partial charge in [0.1, 0.15) is 5.25 Å². The van der Waals surface area contributed by atoms with E-state index in [0.717, 1.165) is 30.9 Å². The monoisotopic (exact) mass is 413 g/mol. The van der Waals surface area contributed by atoms with Gasteiger partial charge in [0.2, 0.25) is 11.8 Å². The van der Waals surface area contributed by atoms with Crippen molar-refractivity contribution in [2.24, 2.45) is 4.99 Å². The Labute approximate surface area is 167 Å². The largest absolute Gasteiger partial charge is 0.325 e. The molecule has 1 saturated heterocycles. The zero-order chi connectivity index (χ0) is 18.7. The highest BCUT2D eigenvalue weighted by Gasteiger charge is 2.43. The molecule has 0 radical (unpaired) electrons. The predicted molar refractivity (Wildman–Crippen MR) is 108 cm³/mol. The fourth-order valence-electron chi connectivity index (χ4n) is 3.32. The van der Waals surface area contributed by atoms with Crippen molar-refractivity contribution in [2.45, 2.75) is 50.3 Å². The summed E-state index contributed by atoms with van der Waals surface area (Å²) in [7, 11) is 0. The highest BCUT2D eigenvalue weighted by molar-refractivity contribution is 8.15. The molecule has 2 amide bonds. The van der Waals surface area contributed by atoms with Gasteiger partial charge in [0.05, 0.1) is 10.7 Å². The van der Waals surface area contributed by atoms with Gasteiger partial charge in [-0.1, -0.05) is 47.8 Å². The van der Waals surface area contributed by atoms with Crippen LogP contribution in [-0.4, -0.2) is 39.7 Å². The van der Waals surface area contributed by atoms with Crippen LogP contribution in [0.1, 0.15) is 39.0 Å². The van der Waals surface area contributed by atoms with Gasteiger partial charge in [-0.05, 0) is 38.0 Å². The van der Waals surface area contributed by atoms with Gasteiger partial charge >= 0.3 is 0 Å². The number of carbonyl (C=O) groups is 2. The summed E-state index contributed by atoms with van der Waals surface area (Å²) in [6, 6.07) is 5.11. The molecule has 1 aliphatic heterocycles. The summed E-state index contributed by atoms with van der Waals surface area (Å²) in [6.07, 6.45) is 4.38. The topological polar surface area (TPSA) is 61.8 Å². The van der Waals surface area contributed by atoms with Crippen molar-refractivity contribution in [1.82, 2.24) is 4.90 Å². The highest BCUT2D eigenvalue weighted by Crippen LogP contribution is 2.36. The van der Waals surface area contributed by atoms with Crippen LogP contribution < -0.4 is 5.32 Å². The molecule has 0 bridgehead atoms. The van der Waals surface area contributed by atoms with Crippen molar-refractivity contribution in [3.05, 3.63) is 28.2 Å². The van der Waals surface area contributed by atoms with Crippen LogP contribution in [0.4, 0.5) is 5.69 Å². The Morgan fingerprint density at radius 1 is 1.35 bits per heavy atom. The quantitative estimate of drug-likeness (QED) is 0.767. The minimum Gasteiger partial charge on any atom is -0.325 e.